The molecule has 0 fully saturated rings. The number of pyridine rings is 1. The molecule has 1 amide bonds. The molecule has 0 aliphatic carbocycles. The van der Waals surface area contributed by atoms with E-state index in [0.717, 1.165) is 5.56 Å². The van der Waals surface area contributed by atoms with Gasteiger partial charge in [0, 0.05) is 23.0 Å². The van der Waals surface area contributed by atoms with Crippen molar-refractivity contribution >= 4 is 33.2 Å². The van der Waals surface area contributed by atoms with Crippen LogP contribution < -0.4 is 10.0 Å². The van der Waals surface area contributed by atoms with Gasteiger partial charge >= 0.3 is 0 Å². The van der Waals surface area contributed by atoms with Crippen LogP contribution in [0, 0.1) is 6.92 Å². The molecule has 1 atom stereocenters. The summed E-state index contributed by atoms with van der Waals surface area (Å²) in [5.41, 5.74) is 0.922. The number of hydrogen-bond donors (Lipinski definition) is 2. The lowest BCUT2D eigenvalue weighted by Gasteiger charge is -2.16. The van der Waals surface area contributed by atoms with E-state index in [0.29, 0.717) is 11.3 Å². The molecule has 0 radical (unpaired) electrons. The Labute approximate surface area is 168 Å². The molecule has 144 valence electrons. The van der Waals surface area contributed by atoms with Crippen molar-refractivity contribution in [2.75, 3.05) is 4.72 Å². The fourth-order valence-electron chi connectivity index (χ4n) is 2.51. The summed E-state index contributed by atoms with van der Waals surface area (Å²) in [5, 5.41) is 2.34. The molecule has 6 nitrogen and oxygen atoms in total. The van der Waals surface area contributed by atoms with Crippen LogP contribution >= 0.6 is 11.6 Å². The fraction of sp³-hybridized carbons (Fsp3) is 0.100. The second kappa shape index (κ2) is 8.41. The maximum Gasteiger partial charge on any atom is 0.279 e. The molecule has 8 heteroatoms. The Balaban J connectivity index is 1.85. The molecule has 3 aromatic rings. The van der Waals surface area contributed by atoms with Crippen LogP contribution in [0.25, 0.3) is 0 Å². The fourth-order valence-corrected chi connectivity index (χ4v) is 4.09. The summed E-state index contributed by atoms with van der Waals surface area (Å²) in [5.74, 6) is -0.417. The first-order valence-electron chi connectivity index (χ1n) is 8.41. The number of carbonyl (C=O) groups excluding carboxylic acids is 1. The van der Waals surface area contributed by atoms with Gasteiger partial charge in [-0.05, 0) is 37.3 Å². The zero-order valence-corrected chi connectivity index (χ0v) is 16.5. The largest absolute Gasteiger partial charge is 0.332 e. The zero-order valence-electron chi connectivity index (χ0n) is 15.0. The molecule has 1 aromatic heterocycles. The van der Waals surface area contributed by atoms with Gasteiger partial charge in [-0.2, -0.15) is 8.42 Å². The van der Waals surface area contributed by atoms with Gasteiger partial charge in [0.2, 0.25) is 0 Å². The number of benzene rings is 2. The Morgan fingerprint density at radius 1 is 1.00 bits per heavy atom. The van der Waals surface area contributed by atoms with Gasteiger partial charge in [0.1, 0.15) is 5.50 Å². The summed E-state index contributed by atoms with van der Waals surface area (Å²) >= 11 is 6.32. The van der Waals surface area contributed by atoms with Crippen LogP contribution in [0.5, 0.6) is 0 Å². The number of rotatable bonds is 6. The van der Waals surface area contributed by atoms with Crippen LogP contribution in [0.3, 0.4) is 0 Å². The average molecular weight is 416 g/mol. The third kappa shape index (κ3) is 4.68. The summed E-state index contributed by atoms with van der Waals surface area (Å²) in [7, 11) is -4.00. The van der Waals surface area contributed by atoms with Crippen molar-refractivity contribution < 1.29 is 13.2 Å². The molecular weight excluding hydrogens is 398 g/mol. The third-order valence-corrected chi connectivity index (χ3v) is 5.62. The summed E-state index contributed by atoms with van der Waals surface area (Å²) in [6, 6.07) is 18.5. The van der Waals surface area contributed by atoms with E-state index in [1.54, 1.807) is 60.7 Å². The SMILES string of the molecule is Cc1ccc(NS(=O)(=O)c2ncccc2C(Cl)NC(=O)c2ccccc2)cc1. The van der Waals surface area contributed by atoms with E-state index in [1.165, 1.54) is 12.3 Å². The van der Waals surface area contributed by atoms with E-state index < -0.39 is 21.4 Å². The van der Waals surface area contributed by atoms with Crippen molar-refractivity contribution in [3.8, 4) is 0 Å². The molecule has 1 heterocycles. The number of amides is 1. The van der Waals surface area contributed by atoms with Gasteiger partial charge in [0.05, 0.1) is 0 Å². The quantitative estimate of drug-likeness (QED) is 0.472. The van der Waals surface area contributed by atoms with Crippen molar-refractivity contribution in [1.82, 2.24) is 10.3 Å². The van der Waals surface area contributed by atoms with Crippen LogP contribution in [-0.4, -0.2) is 19.3 Å². The molecule has 3 rings (SSSR count). The number of anilines is 1. The van der Waals surface area contributed by atoms with Gasteiger partial charge in [-0.3, -0.25) is 9.52 Å². The van der Waals surface area contributed by atoms with Crippen molar-refractivity contribution in [2.45, 2.75) is 17.5 Å². The number of sulfonamides is 1. The molecule has 2 N–H and O–H groups in total. The molecule has 1 unspecified atom stereocenters. The van der Waals surface area contributed by atoms with E-state index in [9.17, 15) is 13.2 Å². The number of nitrogens with zero attached hydrogens (tertiary/aromatic N) is 1. The lowest BCUT2D eigenvalue weighted by atomic mass is 10.2. The molecular formula is C20H18ClN3O3S. The first-order chi connectivity index (χ1) is 13.4. The Bertz CT molecular complexity index is 1070. The van der Waals surface area contributed by atoms with E-state index in [1.807, 2.05) is 6.92 Å². The van der Waals surface area contributed by atoms with Crippen LogP contribution in [-0.2, 0) is 10.0 Å². The van der Waals surface area contributed by atoms with Crippen molar-refractivity contribution in [3.05, 3.63) is 89.6 Å². The minimum absolute atomic E-state index is 0.174. The first-order valence-corrected chi connectivity index (χ1v) is 10.3. The molecule has 0 bridgehead atoms. The summed E-state index contributed by atoms with van der Waals surface area (Å²) in [6.07, 6.45) is 1.36. The number of aryl methyl sites for hydroxylation is 1. The maximum atomic E-state index is 12.8. The highest BCUT2D eigenvalue weighted by molar-refractivity contribution is 7.92. The molecule has 0 saturated heterocycles. The zero-order chi connectivity index (χ0) is 20.1. The number of aromatic nitrogens is 1. The number of carbonyl (C=O) groups is 1. The predicted octanol–water partition coefficient (Wildman–Crippen LogP) is 3.86. The van der Waals surface area contributed by atoms with E-state index in [-0.39, 0.29) is 10.6 Å². The van der Waals surface area contributed by atoms with Crippen molar-refractivity contribution in [3.63, 3.8) is 0 Å². The van der Waals surface area contributed by atoms with E-state index >= 15 is 0 Å². The standard InChI is InChI=1S/C20H18ClN3O3S/c1-14-9-11-16(12-10-14)24-28(26,27)20-17(8-5-13-22-20)18(21)23-19(25)15-6-3-2-4-7-15/h2-13,18,24H,1H3,(H,23,25). The predicted molar refractivity (Wildman–Crippen MR) is 109 cm³/mol. The minimum atomic E-state index is -4.00. The third-order valence-electron chi connectivity index (χ3n) is 3.93. The Hall–Kier alpha value is -2.90. The van der Waals surface area contributed by atoms with E-state index in [2.05, 4.69) is 15.0 Å². The van der Waals surface area contributed by atoms with Crippen molar-refractivity contribution in [1.29, 1.82) is 0 Å². The van der Waals surface area contributed by atoms with Crippen LogP contribution in [0.4, 0.5) is 5.69 Å². The van der Waals surface area contributed by atoms with Crippen LogP contribution in [0.15, 0.2) is 78.0 Å². The minimum Gasteiger partial charge on any atom is -0.332 e. The molecule has 0 saturated carbocycles. The number of alkyl halides is 1. The van der Waals surface area contributed by atoms with Gasteiger partial charge in [-0.25, -0.2) is 4.98 Å². The topological polar surface area (TPSA) is 88.2 Å². The summed E-state index contributed by atoms with van der Waals surface area (Å²) in [6.45, 7) is 1.91. The summed E-state index contributed by atoms with van der Waals surface area (Å²) in [4.78, 5) is 16.3. The average Bonchev–Trinajstić information content (AvgIpc) is 2.70. The molecule has 28 heavy (non-hydrogen) atoms. The van der Waals surface area contributed by atoms with E-state index in [4.69, 9.17) is 11.6 Å². The number of halogens is 1. The lowest BCUT2D eigenvalue weighted by molar-refractivity contribution is 0.0948. The monoisotopic (exact) mass is 415 g/mol. The second-order valence-corrected chi connectivity index (χ2v) is 8.11. The Morgan fingerprint density at radius 3 is 2.36 bits per heavy atom. The normalized spacial score (nSPS) is 12.2. The molecule has 2 aromatic carbocycles. The first kappa shape index (κ1) is 19.9. The lowest BCUT2D eigenvalue weighted by Crippen LogP contribution is -2.27. The Kier molecular flexibility index (Phi) is 5.96. The van der Waals surface area contributed by atoms with Crippen molar-refractivity contribution in [2.24, 2.45) is 0 Å². The number of nitrogens with one attached hydrogen (secondary N) is 2. The second-order valence-electron chi connectivity index (χ2n) is 6.07. The summed E-state index contributed by atoms with van der Waals surface area (Å²) < 4.78 is 28.1. The molecule has 0 aliphatic rings. The van der Waals surface area contributed by atoms with Gasteiger partial charge in [0.25, 0.3) is 15.9 Å². The smallest absolute Gasteiger partial charge is 0.279 e. The highest BCUT2D eigenvalue weighted by atomic mass is 35.5. The van der Waals surface area contributed by atoms with Crippen LogP contribution in [0.1, 0.15) is 27.0 Å². The van der Waals surface area contributed by atoms with Gasteiger partial charge in [-0.1, -0.05) is 53.6 Å². The molecule has 0 spiro atoms. The highest BCUT2D eigenvalue weighted by Gasteiger charge is 2.25. The van der Waals surface area contributed by atoms with Gasteiger partial charge < -0.3 is 5.32 Å². The number of hydrogen-bond acceptors (Lipinski definition) is 4. The maximum absolute atomic E-state index is 12.8. The highest BCUT2D eigenvalue weighted by Crippen LogP contribution is 2.25. The Morgan fingerprint density at radius 2 is 1.68 bits per heavy atom. The van der Waals surface area contributed by atoms with Gasteiger partial charge in [-0.15, -0.1) is 0 Å². The van der Waals surface area contributed by atoms with Crippen LogP contribution in [0.2, 0.25) is 0 Å². The molecule has 0 aliphatic heterocycles. The van der Waals surface area contributed by atoms with Gasteiger partial charge in [0.15, 0.2) is 5.03 Å².